The number of ether oxygens (including phenoxy) is 2. The molecule has 3 rings (SSSR count). The molecule has 1 heterocycles. The lowest BCUT2D eigenvalue weighted by Gasteiger charge is -2.26. The van der Waals surface area contributed by atoms with Crippen molar-refractivity contribution >= 4 is 27.7 Å². The summed E-state index contributed by atoms with van der Waals surface area (Å²) in [5, 5.41) is 2.76. The van der Waals surface area contributed by atoms with Crippen LogP contribution in [0.1, 0.15) is 11.1 Å². The minimum absolute atomic E-state index is 0.150. The molecule has 1 saturated heterocycles. The Bertz CT molecular complexity index is 1010. The number of hydrogen-bond donors (Lipinski definition) is 1. The third kappa shape index (κ3) is 5.23. The molecule has 1 aliphatic heterocycles. The summed E-state index contributed by atoms with van der Waals surface area (Å²) in [6.45, 7) is 3.21. The van der Waals surface area contributed by atoms with Crippen LogP contribution in [-0.2, 0) is 19.6 Å². The van der Waals surface area contributed by atoms with Gasteiger partial charge in [-0.05, 0) is 48.4 Å². The highest BCUT2D eigenvalue weighted by Crippen LogP contribution is 2.24. The van der Waals surface area contributed by atoms with Crippen LogP contribution >= 0.6 is 0 Å². The minimum atomic E-state index is -3.63. The topological polar surface area (TPSA) is 84.9 Å². The van der Waals surface area contributed by atoms with E-state index in [1.807, 2.05) is 31.2 Å². The SMILES string of the molecule is COc1cccc(/C=C/C(=O)Nc2cc(S(=O)(=O)N3CCOCC3)ccc2C)c1. The number of carbonyl (C=O) groups excluding carboxylic acids is 1. The van der Waals surface area contributed by atoms with Crippen molar-refractivity contribution in [2.75, 3.05) is 38.7 Å². The van der Waals surface area contributed by atoms with Crippen molar-refractivity contribution < 1.29 is 22.7 Å². The zero-order valence-corrected chi connectivity index (χ0v) is 17.2. The first-order valence-electron chi connectivity index (χ1n) is 9.22. The van der Waals surface area contributed by atoms with Gasteiger partial charge in [-0.3, -0.25) is 4.79 Å². The van der Waals surface area contributed by atoms with Crippen LogP contribution in [0.4, 0.5) is 5.69 Å². The van der Waals surface area contributed by atoms with Crippen LogP contribution in [0.25, 0.3) is 6.08 Å². The van der Waals surface area contributed by atoms with Crippen LogP contribution < -0.4 is 10.1 Å². The normalized spacial score (nSPS) is 15.4. The van der Waals surface area contributed by atoms with E-state index in [1.165, 1.54) is 16.4 Å². The monoisotopic (exact) mass is 416 g/mol. The average molecular weight is 416 g/mol. The van der Waals surface area contributed by atoms with Gasteiger partial charge >= 0.3 is 0 Å². The number of sulfonamides is 1. The Hall–Kier alpha value is -2.68. The predicted molar refractivity (Wildman–Crippen MR) is 111 cm³/mol. The second-order valence-electron chi connectivity index (χ2n) is 6.59. The number of nitrogens with zero attached hydrogens (tertiary/aromatic N) is 1. The molecule has 0 atom stereocenters. The largest absolute Gasteiger partial charge is 0.497 e. The number of methoxy groups -OCH3 is 1. The molecule has 0 unspecified atom stereocenters. The molecule has 1 fully saturated rings. The first-order chi connectivity index (χ1) is 13.9. The summed E-state index contributed by atoms with van der Waals surface area (Å²) in [5.41, 5.74) is 2.05. The van der Waals surface area contributed by atoms with Crippen molar-refractivity contribution in [2.45, 2.75) is 11.8 Å². The van der Waals surface area contributed by atoms with E-state index in [0.717, 1.165) is 11.1 Å². The molecule has 0 spiro atoms. The van der Waals surface area contributed by atoms with Gasteiger partial charge in [0.05, 0.1) is 25.2 Å². The predicted octanol–water partition coefficient (Wildman–Crippen LogP) is 2.68. The highest BCUT2D eigenvalue weighted by Gasteiger charge is 2.26. The number of anilines is 1. The molecule has 7 nitrogen and oxygen atoms in total. The summed E-state index contributed by atoms with van der Waals surface area (Å²) in [6.07, 6.45) is 3.07. The van der Waals surface area contributed by atoms with Gasteiger partial charge in [0.1, 0.15) is 5.75 Å². The van der Waals surface area contributed by atoms with E-state index in [1.54, 1.807) is 25.3 Å². The number of benzene rings is 2. The Labute approximate surface area is 171 Å². The molecule has 154 valence electrons. The lowest BCUT2D eigenvalue weighted by Crippen LogP contribution is -2.40. The van der Waals surface area contributed by atoms with E-state index in [0.29, 0.717) is 37.7 Å². The Morgan fingerprint density at radius 3 is 2.66 bits per heavy atom. The van der Waals surface area contributed by atoms with Crippen molar-refractivity contribution in [3.05, 3.63) is 59.7 Å². The molecule has 1 amide bonds. The van der Waals surface area contributed by atoms with Gasteiger partial charge in [0.25, 0.3) is 0 Å². The molecular weight excluding hydrogens is 392 g/mol. The minimum Gasteiger partial charge on any atom is -0.497 e. The number of rotatable bonds is 6. The lowest BCUT2D eigenvalue weighted by atomic mass is 10.2. The molecule has 2 aromatic rings. The van der Waals surface area contributed by atoms with Gasteiger partial charge < -0.3 is 14.8 Å². The summed E-state index contributed by atoms with van der Waals surface area (Å²) < 4.78 is 37.5. The zero-order chi connectivity index (χ0) is 20.9. The van der Waals surface area contributed by atoms with Crippen molar-refractivity contribution in [1.82, 2.24) is 4.31 Å². The highest BCUT2D eigenvalue weighted by molar-refractivity contribution is 7.89. The van der Waals surface area contributed by atoms with Gasteiger partial charge in [-0.15, -0.1) is 0 Å². The van der Waals surface area contributed by atoms with Crippen molar-refractivity contribution in [3.63, 3.8) is 0 Å². The van der Waals surface area contributed by atoms with Gasteiger partial charge in [0, 0.05) is 24.9 Å². The first kappa shape index (κ1) is 21.0. The number of nitrogens with one attached hydrogen (secondary N) is 1. The van der Waals surface area contributed by atoms with E-state index >= 15 is 0 Å². The number of amides is 1. The molecular formula is C21H24N2O5S. The second-order valence-corrected chi connectivity index (χ2v) is 8.53. The molecule has 1 aliphatic rings. The van der Waals surface area contributed by atoms with Crippen LogP contribution in [0.3, 0.4) is 0 Å². The van der Waals surface area contributed by atoms with Gasteiger partial charge in [-0.1, -0.05) is 18.2 Å². The Morgan fingerprint density at radius 2 is 1.93 bits per heavy atom. The quantitative estimate of drug-likeness (QED) is 0.732. The lowest BCUT2D eigenvalue weighted by molar-refractivity contribution is -0.111. The van der Waals surface area contributed by atoms with Crippen LogP contribution in [0, 0.1) is 6.92 Å². The van der Waals surface area contributed by atoms with Crippen molar-refractivity contribution in [3.8, 4) is 5.75 Å². The van der Waals surface area contributed by atoms with Crippen molar-refractivity contribution in [1.29, 1.82) is 0 Å². The molecule has 0 bridgehead atoms. The third-order valence-corrected chi connectivity index (χ3v) is 6.49. The molecule has 0 radical (unpaired) electrons. The van der Waals surface area contributed by atoms with E-state index < -0.39 is 10.0 Å². The smallest absolute Gasteiger partial charge is 0.248 e. The van der Waals surface area contributed by atoms with Crippen molar-refractivity contribution in [2.24, 2.45) is 0 Å². The summed E-state index contributed by atoms with van der Waals surface area (Å²) in [5.74, 6) is 0.348. The Balaban J connectivity index is 1.75. The maximum Gasteiger partial charge on any atom is 0.248 e. The van der Waals surface area contributed by atoms with Gasteiger partial charge in [-0.25, -0.2) is 8.42 Å². The molecule has 1 N–H and O–H groups in total. The van der Waals surface area contributed by atoms with Crippen LogP contribution in [0.15, 0.2) is 53.4 Å². The number of aryl methyl sites for hydroxylation is 1. The zero-order valence-electron chi connectivity index (χ0n) is 16.4. The number of morpholine rings is 1. The standard InChI is InChI=1S/C21H24N2O5S/c1-16-6-8-19(29(25,26)23-10-12-28-13-11-23)15-20(16)22-21(24)9-7-17-4-3-5-18(14-17)27-2/h3-9,14-15H,10-13H2,1-2H3,(H,22,24)/b9-7+. The Morgan fingerprint density at radius 1 is 1.17 bits per heavy atom. The second kappa shape index (κ2) is 9.21. The van der Waals surface area contributed by atoms with E-state index in [2.05, 4.69) is 5.32 Å². The maximum absolute atomic E-state index is 12.8. The number of hydrogen-bond acceptors (Lipinski definition) is 5. The Kier molecular flexibility index (Phi) is 6.68. The fourth-order valence-corrected chi connectivity index (χ4v) is 4.36. The van der Waals surface area contributed by atoms with Crippen LogP contribution in [0.5, 0.6) is 5.75 Å². The van der Waals surface area contributed by atoms with Crippen LogP contribution in [0.2, 0.25) is 0 Å². The van der Waals surface area contributed by atoms with Crippen LogP contribution in [-0.4, -0.2) is 52.0 Å². The summed E-state index contributed by atoms with van der Waals surface area (Å²) in [6, 6.07) is 12.1. The molecule has 2 aromatic carbocycles. The summed E-state index contributed by atoms with van der Waals surface area (Å²) in [4.78, 5) is 12.5. The van der Waals surface area contributed by atoms with E-state index in [-0.39, 0.29) is 10.8 Å². The fraction of sp³-hybridized carbons (Fsp3) is 0.286. The molecule has 0 aliphatic carbocycles. The third-order valence-electron chi connectivity index (χ3n) is 4.60. The first-order valence-corrected chi connectivity index (χ1v) is 10.7. The molecule has 0 aromatic heterocycles. The maximum atomic E-state index is 12.8. The van der Waals surface area contributed by atoms with Gasteiger partial charge in [0.2, 0.25) is 15.9 Å². The number of carbonyl (C=O) groups is 1. The van der Waals surface area contributed by atoms with Gasteiger partial charge in [-0.2, -0.15) is 4.31 Å². The van der Waals surface area contributed by atoms with E-state index in [9.17, 15) is 13.2 Å². The van der Waals surface area contributed by atoms with E-state index in [4.69, 9.17) is 9.47 Å². The highest BCUT2D eigenvalue weighted by atomic mass is 32.2. The van der Waals surface area contributed by atoms with Gasteiger partial charge in [0.15, 0.2) is 0 Å². The molecule has 0 saturated carbocycles. The summed E-state index contributed by atoms with van der Waals surface area (Å²) >= 11 is 0. The fourth-order valence-electron chi connectivity index (χ4n) is 2.92. The average Bonchev–Trinajstić information content (AvgIpc) is 2.74. The summed E-state index contributed by atoms with van der Waals surface area (Å²) in [7, 11) is -2.05. The molecule has 8 heteroatoms. The molecule has 29 heavy (non-hydrogen) atoms.